The first kappa shape index (κ1) is 32.2. The summed E-state index contributed by atoms with van der Waals surface area (Å²) in [5.74, 6) is -0.766. The van der Waals surface area contributed by atoms with Gasteiger partial charge in [0.15, 0.2) is 18.9 Å². The van der Waals surface area contributed by atoms with Crippen LogP contribution in [0.3, 0.4) is 0 Å². The van der Waals surface area contributed by atoms with Crippen molar-refractivity contribution in [1.29, 1.82) is 5.26 Å². The Morgan fingerprint density at radius 3 is 2.52 bits per heavy atom. The van der Waals surface area contributed by atoms with Crippen molar-refractivity contribution in [2.45, 2.75) is 45.5 Å². The maximum atomic E-state index is 13.6. The monoisotopic (exact) mass is 668 g/mol. The number of H-pyrrole nitrogens is 1. The number of fused-ring (bicyclic) bond motifs is 1. The molecule has 0 saturated heterocycles. The molecule has 0 aliphatic carbocycles. The van der Waals surface area contributed by atoms with E-state index in [1.54, 1.807) is 25.1 Å². The first-order valence-corrected chi connectivity index (χ1v) is 13.5. The van der Waals surface area contributed by atoms with E-state index in [1.165, 1.54) is 34.3 Å². The maximum Gasteiger partial charge on any atom is 0.416 e. The topological polar surface area (TPSA) is 108 Å². The van der Waals surface area contributed by atoms with Gasteiger partial charge >= 0.3 is 17.8 Å². The van der Waals surface area contributed by atoms with Gasteiger partial charge in [0.1, 0.15) is 6.04 Å². The Balaban J connectivity index is 0.00000442. The molecule has 1 aliphatic rings. The van der Waals surface area contributed by atoms with E-state index in [0.29, 0.717) is 29.7 Å². The number of ether oxygens (including phenoxy) is 1. The minimum atomic E-state index is -4.62. The van der Waals surface area contributed by atoms with Crippen LogP contribution < -0.4 is 32.1 Å². The Bertz CT molecular complexity index is 1820. The second-order valence-electron chi connectivity index (χ2n) is 10.0. The number of alkyl halides is 3. The lowest BCUT2D eigenvalue weighted by atomic mass is 9.89. The summed E-state index contributed by atoms with van der Waals surface area (Å²) in [5, 5.41) is 16.2. The minimum Gasteiger partial charge on any atom is -1.00 e. The third-order valence-corrected chi connectivity index (χ3v) is 7.55. The molecular formula is C31H28BrF3N6O3. The summed E-state index contributed by atoms with van der Waals surface area (Å²) >= 11 is 0. The van der Waals surface area contributed by atoms with Gasteiger partial charge < -0.3 is 21.7 Å². The van der Waals surface area contributed by atoms with Crippen LogP contribution in [0.5, 0.6) is 0 Å². The lowest BCUT2D eigenvalue weighted by Gasteiger charge is -2.36. The number of nitrogens with zero attached hydrogens (tertiary/aromatic N) is 5. The number of allylic oxidation sites excluding steroid dienone is 1. The Kier molecular flexibility index (Phi) is 9.44. The van der Waals surface area contributed by atoms with Gasteiger partial charge in [-0.1, -0.05) is 19.1 Å². The number of aromatic nitrogens is 4. The summed E-state index contributed by atoms with van der Waals surface area (Å²) in [5.41, 5.74) is 1.60. The van der Waals surface area contributed by atoms with Crippen molar-refractivity contribution >= 4 is 17.6 Å². The predicted octanol–water partition coefficient (Wildman–Crippen LogP) is 1.75. The lowest BCUT2D eigenvalue weighted by molar-refractivity contribution is -0.696. The molecule has 2 aromatic carbocycles. The number of methoxy groups -OCH3 is 1. The number of rotatable bonds is 7. The van der Waals surface area contributed by atoms with E-state index < -0.39 is 29.4 Å². The number of hydrogen-bond donors (Lipinski definition) is 1. The average Bonchev–Trinajstić information content (AvgIpc) is 3.39. The average molecular weight is 670 g/mol. The van der Waals surface area contributed by atoms with Crippen molar-refractivity contribution in [2.24, 2.45) is 0 Å². The van der Waals surface area contributed by atoms with Crippen LogP contribution in [0.1, 0.15) is 47.7 Å². The molecule has 1 N–H and O–H groups in total. The normalized spacial score (nSPS) is 14.5. The van der Waals surface area contributed by atoms with Gasteiger partial charge in [-0.3, -0.25) is 4.90 Å². The number of aryl methyl sites for hydroxylation is 3. The van der Waals surface area contributed by atoms with Gasteiger partial charge in [-0.25, -0.2) is 23.8 Å². The van der Waals surface area contributed by atoms with Crippen LogP contribution in [-0.4, -0.2) is 27.8 Å². The fourth-order valence-corrected chi connectivity index (χ4v) is 5.36. The van der Waals surface area contributed by atoms with E-state index in [9.17, 15) is 28.0 Å². The van der Waals surface area contributed by atoms with E-state index in [2.05, 4.69) is 23.2 Å². The zero-order valence-corrected chi connectivity index (χ0v) is 25.6. The van der Waals surface area contributed by atoms with Gasteiger partial charge in [0, 0.05) is 29.9 Å². The molecule has 0 spiro atoms. The highest BCUT2D eigenvalue weighted by atomic mass is 79.9. The third kappa shape index (κ3) is 6.03. The Morgan fingerprint density at radius 1 is 1.16 bits per heavy atom. The zero-order valence-electron chi connectivity index (χ0n) is 24.0. The summed E-state index contributed by atoms with van der Waals surface area (Å²) in [4.78, 5) is 28.0. The first-order chi connectivity index (χ1) is 20.6. The Morgan fingerprint density at radius 2 is 1.89 bits per heavy atom. The molecule has 228 valence electrons. The summed E-state index contributed by atoms with van der Waals surface area (Å²) in [6.45, 7) is 4.17. The van der Waals surface area contributed by atoms with E-state index in [-0.39, 0.29) is 39.9 Å². The molecule has 0 radical (unpaired) electrons. The van der Waals surface area contributed by atoms with Gasteiger partial charge in [-0.2, -0.15) is 18.4 Å². The van der Waals surface area contributed by atoms with Crippen LogP contribution in [0.25, 0.3) is 0 Å². The third-order valence-electron chi connectivity index (χ3n) is 7.55. The fourth-order valence-electron chi connectivity index (χ4n) is 5.36. The number of anilines is 2. The predicted molar refractivity (Wildman–Crippen MR) is 150 cm³/mol. The van der Waals surface area contributed by atoms with E-state index in [4.69, 9.17) is 4.74 Å². The van der Waals surface area contributed by atoms with Crippen molar-refractivity contribution in [3.8, 4) is 6.07 Å². The molecular weight excluding hydrogens is 641 g/mol. The number of halogens is 4. The number of aromatic amines is 1. The van der Waals surface area contributed by atoms with Crippen molar-refractivity contribution in [3.05, 3.63) is 117 Å². The van der Waals surface area contributed by atoms with Crippen molar-refractivity contribution < 1.29 is 44.3 Å². The van der Waals surface area contributed by atoms with Crippen LogP contribution in [0.2, 0.25) is 0 Å². The highest BCUT2D eigenvalue weighted by molar-refractivity contribution is 5.93. The molecule has 0 bridgehead atoms. The molecule has 5 rings (SSSR count). The Labute approximate surface area is 261 Å². The zero-order chi connectivity index (χ0) is 30.9. The molecule has 3 heterocycles. The number of benzene rings is 2. The number of hydrogen-bond acceptors (Lipinski definition) is 6. The largest absolute Gasteiger partial charge is 1.00 e. The van der Waals surface area contributed by atoms with Crippen molar-refractivity contribution in [2.75, 3.05) is 12.0 Å². The van der Waals surface area contributed by atoms with Crippen LogP contribution in [0.4, 0.5) is 24.8 Å². The van der Waals surface area contributed by atoms with Gasteiger partial charge in [0.2, 0.25) is 5.95 Å². The van der Waals surface area contributed by atoms with Crippen LogP contribution >= 0.6 is 0 Å². The standard InChI is InChI=1S/C31H27F3N6O3.BrH/c1-4-20-10-13-38(14-11-20)15-12-22-16-21(18-35)8-9-25(22)27-26(28(41)43-3)19(2)39(29-36-37-30(42)40(27)29)24-7-5-6-23(17-24)31(32,33)34;/h5-11,13-14,16-17,27H,4,12,15H2,1-3H3;1H. The van der Waals surface area contributed by atoms with Gasteiger partial charge in [-0.15, -0.1) is 5.10 Å². The van der Waals surface area contributed by atoms with E-state index in [1.807, 2.05) is 29.1 Å². The molecule has 0 amide bonds. The van der Waals surface area contributed by atoms with Crippen LogP contribution in [0, 0.1) is 11.3 Å². The van der Waals surface area contributed by atoms with Gasteiger partial charge in [-0.05, 0) is 60.4 Å². The number of carbonyl (C=O) groups is 1. The van der Waals surface area contributed by atoms with Crippen molar-refractivity contribution in [3.63, 3.8) is 0 Å². The molecule has 1 aliphatic heterocycles. The van der Waals surface area contributed by atoms with E-state index in [0.717, 1.165) is 18.6 Å². The molecule has 13 heteroatoms. The molecule has 4 aromatic rings. The molecule has 0 saturated carbocycles. The SMILES string of the molecule is CCc1cc[n+](CCc2cc(C#N)ccc2C2C(C(=O)OC)=C(C)N(c3cccc(C(F)(F)F)c3)c3n[nH]c(=O)n32)cc1.[Br-]. The summed E-state index contributed by atoms with van der Waals surface area (Å²) in [6, 6.07) is 14.7. The van der Waals surface area contributed by atoms with Gasteiger partial charge in [0.05, 0.1) is 29.9 Å². The number of carbonyl (C=O) groups excluding carboxylic acids is 1. The number of esters is 1. The second-order valence-corrected chi connectivity index (χ2v) is 10.0. The quantitative estimate of drug-likeness (QED) is 0.238. The number of nitriles is 1. The highest BCUT2D eigenvalue weighted by Gasteiger charge is 2.41. The molecule has 44 heavy (non-hydrogen) atoms. The summed E-state index contributed by atoms with van der Waals surface area (Å²) in [7, 11) is 1.19. The van der Waals surface area contributed by atoms with Crippen LogP contribution in [-0.2, 0) is 35.1 Å². The lowest BCUT2D eigenvalue weighted by Crippen LogP contribution is -3.00. The van der Waals surface area contributed by atoms with Gasteiger partial charge in [0.25, 0.3) is 0 Å². The molecule has 1 unspecified atom stereocenters. The first-order valence-electron chi connectivity index (χ1n) is 13.5. The smallest absolute Gasteiger partial charge is 0.416 e. The number of nitrogens with one attached hydrogen (secondary N) is 1. The molecule has 2 aromatic heterocycles. The summed E-state index contributed by atoms with van der Waals surface area (Å²) in [6.07, 6.45) is 0.655. The van der Waals surface area contributed by atoms with Crippen LogP contribution in [0.15, 0.2) is 83.1 Å². The molecule has 0 fully saturated rings. The van der Waals surface area contributed by atoms with Crippen molar-refractivity contribution in [1.82, 2.24) is 14.8 Å². The highest BCUT2D eigenvalue weighted by Crippen LogP contribution is 2.43. The maximum absolute atomic E-state index is 13.6. The fraction of sp³-hybridized carbons (Fsp3) is 0.258. The van der Waals surface area contributed by atoms with E-state index >= 15 is 0 Å². The second kappa shape index (κ2) is 12.9. The minimum absolute atomic E-state index is 0. The molecule has 1 atom stereocenters. The summed E-state index contributed by atoms with van der Waals surface area (Å²) < 4.78 is 49.2. The molecule has 9 nitrogen and oxygen atoms in total. The number of pyridine rings is 1. The Hall–Kier alpha value is -4.70.